The summed E-state index contributed by atoms with van der Waals surface area (Å²) in [6, 6.07) is 6.28. The van der Waals surface area contributed by atoms with E-state index in [2.05, 4.69) is 43.7 Å². The minimum atomic E-state index is 0.330. The number of rotatable bonds is 5. The van der Waals surface area contributed by atoms with Crippen LogP contribution in [0.15, 0.2) is 18.2 Å². The van der Waals surface area contributed by atoms with E-state index >= 15 is 0 Å². The topological polar surface area (TPSA) is 55.7 Å². The maximum atomic E-state index is 5.53. The predicted octanol–water partition coefficient (Wildman–Crippen LogP) is 2.52. The average Bonchev–Trinajstić information content (AvgIpc) is 3.45. The number of hydrogen-bond acceptors (Lipinski definition) is 6. The molecule has 0 saturated carbocycles. The van der Waals surface area contributed by atoms with Crippen LogP contribution in [-0.4, -0.2) is 57.5 Å². The van der Waals surface area contributed by atoms with Gasteiger partial charge in [-0.25, -0.2) is 0 Å². The normalized spacial score (nSPS) is 22.8. The van der Waals surface area contributed by atoms with Gasteiger partial charge in [-0.2, -0.15) is 0 Å². The van der Waals surface area contributed by atoms with Gasteiger partial charge in [0.15, 0.2) is 11.5 Å². The van der Waals surface area contributed by atoms with Gasteiger partial charge in [0.25, 0.3) is 0 Å². The molecule has 0 bridgehead atoms. The zero-order chi connectivity index (χ0) is 18.9. The van der Waals surface area contributed by atoms with Crippen LogP contribution in [0.3, 0.4) is 0 Å². The van der Waals surface area contributed by atoms with Gasteiger partial charge in [-0.1, -0.05) is 6.07 Å². The third-order valence-electron chi connectivity index (χ3n) is 6.28. The second-order valence-electron chi connectivity index (χ2n) is 8.28. The smallest absolute Gasteiger partial charge is 0.231 e. The molecule has 0 radical (unpaired) electrons. The van der Waals surface area contributed by atoms with Gasteiger partial charge in [0.2, 0.25) is 6.79 Å². The molecular weight excluding hydrogens is 354 g/mol. The maximum Gasteiger partial charge on any atom is 0.231 e. The summed E-state index contributed by atoms with van der Waals surface area (Å²) in [5, 5.41) is 9.12. The Labute approximate surface area is 166 Å². The molecule has 5 rings (SSSR count). The van der Waals surface area contributed by atoms with Crippen molar-refractivity contribution >= 4 is 0 Å². The average molecular weight is 383 g/mol. The van der Waals surface area contributed by atoms with Gasteiger partial charge in [0.1, 0.15) is 11.6 Å². The number of fused-ring (bicyclic) bond motifs is 1. The summed E-state index contributed by atoms with van der Waals surface area (Å²) in [5.74, 6) is 4.41. The molecule has 2 fully saturated rings. The van der Waals surface area contributed by atoms with Crippen LogP contribution in [0.4, 0.5) is 0 Å². The van der Waals surface area contributed by atoms with Crippen molar-refractivity contribution < 1.29 is 9.47 Å². The summed E-state index contributed by atoms with van der Waals surface area (Å²) in [4.78, 5) is 5.02. The number of hydrogen-bond donors (Lipinski definition) is 0. The molecule has 1 atom stereocenters. The third-order valence-corrected chi connectivity index (χ3v) is 6.28. The molecule has 28 heavy (non-hydrogen) atoms. The first-order valence-corrected chi connectivity index (χ1v) is 10.5. The molecule has 2 saturated heterocycles. The first kappa shape index (κ1) is 17.9. The van der Waals surface area contributed by atoms with E-state index in [9.17, 15) is 0 Å². The lowest BCUT2D eigenvalue weighted by Gasteiger charge is -2.32. The van der Waals surface area contributed by atoms with Crippen LogP contribution < -0.4 is 9.47 Å². The van der Waals surface area contributed by atoms with E-state index in [-0.39, 0.29) is 0 Å². The second-order valence-corrected chi connectivity index (χ2v) is 8.28. The molecule has 0 unspecified atom stereocenters. The Kier molecular flexibility index (Phi) is 4.94. The van der Waals surface area contributed by atoms with Crippen LogP contribution in [0, 0.1) is 0 Å². The van der Waals surface area contributed by atoms with Gasteiger partial charge in [-0.05, 0) is 63.0 Å². The molecule has 3 aliphatic rings. The van der Waals surface area contributed by atoms with Crippen LogP contribution >= 0.6 is 0 Å². The molecular formula is C21H29N5O2. The minimum Gasteiger partial charge on any atom is -0.454 e. The number of nitrogens with zero attached hydrogens (tertiary/aromatic N) is 5. The van der Waals surface area contributed by atoms with Crippen LogP contribution in [0.5, 0.6) is 11.5 Å². The van der Waals surface area contributed by atoms with Crippen LogP contribution in [0.2, 0.25) is 0 Å². The van der Waals surface area contributed by atoms with E-state index in [0.29, 0.717) is 12.7 Å². The quantitative estimate of drug-likeness (QED) is 0.791. The SMILES string of the molecule is Cn1c(CN2CCCC2)nnc1[C@@H]1CCCN(Cc2ccc3c(c2)OCO3)C1. The van der Waals surface area contributed by atoms with Gasteiger partial charge in [-0.15, -0.1) is 10.2 Å². The molecule has 0 aliphatic carbocycles. The van der Waals surface area contributed by atoms with Gasteiger partial charge in [0, 0.05) is 26.1 Å². The highest BCUT2D eigenvalue weighted by atomic mass is 16.7. The molecule has 3 aliphatic heterocycles. The van der Waals surface area contributed by atoms with Crippen molar-refractivity contribution in [3.63, 3.8) is 0 Å². The Morgan fingerprint density at radius 1 is 0.964 bits per heavy atom. The molecule has 0 spiro atoms. The summed E-state index contributed by atoms with van der Waals surface area (Å²) >= 11 is 0. The lowest BCUT2D eigenvalue weighted by Crippen LogP contribution is -2.35. The molecule has 150 valence electrons. The number of ether oxygens (including phenoxy) is 2. The van der Waals surface area contributed by atoms with Crippen molar-refractivity contribution in [3.8, 4) is 11.5 Å². The van der Waals surface area contributed by atoms with Gasteiger partial charge >= 0.3 is 0 Å². The highest BCUT2D eigenvalue weighted by Gasteiger charge is 2.27. The second kappa shape index (κ2) is 7.72. The fourth-order valence-electron chi connectivity index (χ4n) is 4.72. The summed E-state index contributed by atoms with van der Waals surface area (Å²) in [5.41, 5.74) is 1.28. The van der Waals surface area contributed by atoms with E-state index in [1.165, 1.54) is 44.3 Å². The monoisotopic (exact) mass is 383 g/mol. The zero-order valence-corrected chi connectivity index (χ0v) is 16.6. The number of aromatic nitrogens is 3. The lowest BCUT2D eigenvalue weighted by molar-refractivity contribution is 0.173. The molecule has 2 aromatic rings. The Bertz CT molecular complexity index is 830. The Morgan fingerprint density at radius 3 is 2.68 bits per heavy atom. The highest BCUT2D eigenvalue weighted by Crippen LogP contribution is 2.33. The summed E-state index contributed by atoms with van der Waals surface area (Å²) in [6.45, 7) is 6.73. The third kappa shape index (κ3) is 3.61. The van der Waals surface area contributed by atoms with E-state index in [4.69, 9.17) is 9.47 Å². The Morgan fingerprint density at radius 2 is 1.79 bits per heavy atom. The summed E-state index contributed by atoms with van der Waals surface area (Å²) < 4.78 is 13.2. The van der Waals surface area contributed by atoms with Crippen molar-refractivity contribution in [2.45, 2.75) is 44.7 Å². The van der Waals surface area contributed by atoms with E-state index in [0.717, 1.165) is 49.3 Å². The van der Waals surface area contributed by atoms with Crippen molar-refractivity contribution in [1.82, 2.24) is 24.6 Å². The molecule has 7 nitrogen and oxygen atoms in total. The zero-order valence-electron chi connectivity index (χ0n) is 16.6. The van der Waals surface area contributed by atoms with Crippen molar-refractivity contribution in [1.29, 1.82) is 0 Å². The number of likely N-dealkylation sites (tertiary alicyclic amines) is 2. The first-order valence-electron chi connectivity index (χ1n) is 10.5. The van der Waals surface area contributed by atoms with Gasteiger partial charge in [0.05, 0.1) is 6.54 Å². The Hall–Kier alpha value is -2.12. The molecule has 1 aromatic heterocycles. The summed E-state index contributed by atoms with van der Waals surface area (Å²) in [7, 11) is 2.14. The minimum absolute atomic E-state index is 0.330. The Balaban J connectivity index is 1.25. The first-order chi connectivity index (χ1) is 13.8. The molecule has 0 amide bonds. The standard InChI is InChI=1S/C21H29N5O2/c1-24-20(14-25-8-2-3-9-25)22-23-21(24)17-5-4-10-26(13-17)12-16-6-7-18-19(11-16)28-15-27-18/h6-7,11,17H,2-5,8-10,12-15H2,1H3/t17-/m1/s1. The van der Waals surface area contributed by atoms with Crippen LogP contribution in [-0.2, 0) is 20.1 Å². The van der Waals surface area contributed by atoms with Gasteiger partial charge in [-0.3, -0.25) is 9.80 Å². The van der Waals surface area contributed by atoms with Crippen LogP contribution in [0.25, 0.3) is 0 Å². The van der Waals surface area contributed by atoms with E-state index in [1.807, 2.05) is 6.07 Å². The number of benzene rings is 1. The fourth-order valence-corrected chi connectivity index (χ4v) is 4.72. The van der Waals surface area contributed by atoms with Crippen molar-refractivity contribution in [2.24, 2.45) is 7.05 Å². The summed E-state index contributed by atoms with van der Waals surface area (Å²) in [6.07, 6.45) is 5.00. The fraction of sp³-hybridized carbons (Fsp3) is 0.619. The maximum absolute atomic E-state index is 5.53. The predicted molar refractivity (Wildman–Crippen MR) is 105 cm³/mol. The largest absolute Gasteiger partial charge is 0.454 e. The van der Waals surface area contributed by atoms with Crippen molar-refractivity contribution in [2.75, 3.05) is 33.0 Å². The van der Waals surface area contributed by atoms with Crippen molar-refractivity contribution in [3.05, 3.63) is 35.4 Å². The molecule has 4 heterocycles. The molecule has 7 heteroatoms. The molecule has 1 aromatic carbocycles. The van der Waals surface area contributed by atoms with E-state index in [1.54, 1.807) is 0 Å². The highest BCUT2D eigenvalue weighted by molar-refractivity contribution is 5.44. The van der Waals surface area contributed by atoms with Gasteiger partial charge < -0.3 is 14.0 Å². The van der Waals surface area contributed by atoms with Crippen LogP contribution in [0.1, 0.15) is 48.8 Å². The lowest BCUT2D eigenvalue weighted by atomic mass is 9.96. The van der Waals surface area contributed by atoms with E-state index < -0.39 is 0 Å². The molecule has 0 N–H and O–H groups in total. The number of piperidine rings is 1.